The highest BCUT2D eigenvalue weighted by molar-refractivity contribution is 7.98. The number of aromatic nitrogens is 3. The first-order chi connectivity index (χ1) is 12.3. The Morgan fingerprint density at radius 2 is 1.77 bits per heavy atom. The molecule has 0 spiro atoms. The molecule has 0 aliphatic rings. The average molecular weight is 379 g/mol. The molecular formula is C18H16F3N3OS. The molecule has 0 aliphatic carbocycles. The van der Waals surface area contributed by atoms with E-state index in [1.807, 2.05) is 42.7 Å². The van der Waals surface area contributed by atoms with E-state index < -0.39 is 6.36 Å². The van der Waals surface area contributed by atoms with E-state index in [0.717, 1.165) is 27.8 Å². The second-order valence-electron chi connectivity index (χ2n) is 5.68. The van der Waals surface area contributed by atoms with Gasteiger partial charge in [0.15, 0.2) is 5.16 Å². The zero-order valence-electron chi connectivity index (χ0n) is 14.1. The molecule has 3 aromatic rings. The van der Waals surface area contributed by atoms with Crippen LogP contribution in [-0.4, -0.2) is 21.1 Å². The zero-order chi connectivity index (χ0) is 18.7. The number of aryl methyl sites for hydroxylation is 2. The third-order valence-electron chi connectivity index (χ3n) is 3.58. The number of rotatable bonds is 5. The molecule has 2 aromatic carbocycles. The summed E-state index contributed by atoms with van der Waals surface area (Å²) in [4.78, 5) is 0. The molecule has 0 atom stereocenters. The molecule has 0 N–H and O–H groups in total. The minimum absolute atomic E-state index is 0.231. The molecule has 0 fully saturated rings. The third kappa shape index (κ3) is 4.57. The molecule has 0 radical (unpaired) electrons. The van der Waals surface area contributed by atoms with E-state index in [1.165, 1.54) is 23.9 Å². The van der Waals surface area contributed by atoms with E-state index in [9.17, 15) is 13.2 Å². The van der Waals surface area contributed by atoms with Gasteiger partial charge < -0.3 is 4.74 Å². The Labute approximate surface area is 153 Å². The molecular weight excluding hydrogens is 363 g/mol. The zero-order valence-corrected chi connectivity index (χ0v) is 14.9. The summed E-state index contributed by atoms with van der Waals surface area (Å²) in [6, 6.07) is 13.8. The lowest BCUT2D eigenvalue weighted by Crippen LogP contribution is -2.16. The van der Waals surface area contributed by atoms with E-state index in [2.05, 4.69) is 14.9 Å². The van der Waals surface area contributed by atoms with Crippen molar-refractivity contribution in [2.75, 3.05) is 0 Å². The van der Waals surface area contributed by atoms with Crippen LogP contribution < -0.4 is 4.74 Å². The smallest absolute Gasteiger partial charge is 0.406 e. The standard InChI is InChI=1S/C18H16F3N3OS/c1-12-4-3-5-15(10-12)24-13(2)22-23-17(24)26-11-14-6-8-16(9-7-14)25-18(19,20)21/h3-10H,11H2,1-2H3. The molecule has 8 heteroatoms. The molecule has 1 aromatic heterocycles. The lowest BCUT2D eigenvalue weighted by Gasteiger charge is -2.10. The minimum atomic E-state index is -4.68. The largest absolute Gasteiger partial charge is 0.573 e. The highest BCUT2D eigenvalue weighted by Gasteiger charge is 2.30. The Kier molecular flexibility index (Phi) is 5.22. The molecule has 136 valence electrons. The molecule has 0 unspecified atom stereocenters. The summed E-state index contributed by atoms with van der Waals surface area (Å²) < 4.78 is 42.4. The minimum Gasteiger partial charge on any atom is -0.406 e. The first kappa shape index (κ1) is 18.3. The van der Waals surface area contributed by atoms with Crippen LogP contribution in [0.15, 0.2) is 53.7 Å². The maximum absolute atomic E-state index is 12.2. The lowest BCUT2D eigenvalue weighted by atomic mass is 10.2. The van der Waals surface area contributed by atoms with Crippen LogP contribution in [0.5, 0.6) is 5.75 Å². The second-order valence-corrected chi connectivity index (χ2v) is 6.63. The van der Waals surface area contributed by atoms with Crippen LogP contribution in [0.2, 0.25) is 0 Å². The summed E-state index contributed by atoms with van der Waals surface area (Å²) in [6.45, 7) is 3.89. The fraction of sp³-hybridized carbons (Fsp3) is 0.222. The van der Waals surface area contributed by atoms with E-state index in [-0.39, 0.29) is 5.75 Å². The highest BCUT2D eigenvalue weighted by Crippen LogP contribution is 2.27. The Hall–Kier alpha value is -2.48. The maximum atomic E-state index is 12.2. The van der Waals surface area contributed by atoms with Crippen molar-refractivity contribution in [2.24, 2.45) is 0 Å². The van der Waals surface area contributed by atoms with Crippen LogP contribution in [0.3, 0.4) is 0 Å². The van der Waals surface area contributed by atoms with Gasteiger partial charge in [0, 0.05) is 11.4 Å². The highest BCUT2D eigenvalue weighted by atomic mass is 32.2. The summed E-state index contributed by atoms with van der Waals surface area (Å²) in [5.74, 6) is 1.09. The van der Waals surface area contributed by atoms with E-state index in [4.69, 9.17) is 0 Å². The number of thioether (sulfide) groups is 1. The number of ether oxygens (including phenoxy) is 1. The van der Waals surface area contributed by atoms with Gasteiger partial charge in [0.05, 0.1) is 0 Å². The van der Waals surface area contributed by atoms with Crippen molar-refractivity contribution >= 4 is 11.8 Å². The molecule has 26 heavy (non-hydrogen) atoms. The maximum Gasteiger partial charge on any atom is 0.573 e. The number of halogens is 3. The third-order valence-corrected chi connectivity index (χ3v) is 4.58. The topological polar surface area (TPSA) is 39.9 Å². The molecule has 3 rings (SSSR count). The van der Waals surface area contributed by atoms with Crippen molar-refractivity contribution in [3.63, 3.8) is 0 Å². The Balaban J connectivity index is 1.73. The number of alkyl halides is 3. The van der Waals surface area contributed by atoms with Gasteiger partial charge in [-0.25, -0.2) is 0 Å². The fourth-order valence-corrected chi connectivity index (χ4v) is 3.39. The number of hydrogen-bond acceptors (Lipinski definition) is 4. The van der Waals surface area contributed by atoms with Gasteiger partial charge in [0.25, 0.3) is 0 Å². The van der Waals surface area contributed by atoms with Crippen LogP contribution in [0.25, 0.3) is 5.69 Å². The molecule has 0 bridgehead atoms. The molecule has 1 heterocycles. The van der Waals surface area contributed by atoms with E-state index in [1.54, 1.807) is 12.1 Å². The fourth-order valence-electron chi connectivity index (χ4n) is 2.44. The predicted molar refractivity (Wildman–Crippen MR) is 93.5 cm³/mol. The van der Waals surface area contributed by atoms with Gasteiger partial charge in [-0.3, -0.25) is 4.57 Å². The average Bonchev–Trinajstić information content (AvgIpc) is 2.93. The Morgan fingerprint density at radius 3 is 2.42 bits per heavy atom. The van der Waals surface area contributed by atoms with Crippen LogP contribution in [0.1, 0.15) is 17.0 Å². The van der Waals surface area contributed by atoms with E-state index >= 15 is 0 Å². The molecule has 0 saturated carbocycles. The quantitative estimate of drug-likeness (QED) is 0.580. The Bertz CT molecular complexity index is 891. The summed E-state index contributed by atoms with van der Waals surface area (Å²) in [5.41, 5.74) is 2.97. The first-order valence-electron chi connectivity index (χ1n) is 7.78. The molecule has 0 amide bonds. The summed E-state index contributed by atoms with van der Waals surface area (Å²) in [5, 5.41) is 9.07. The van der Waals surface area contributed by atoms with Gasteiger partial charge in [0.2, 0.25) is 0 Å². The van der Waals surface area contributed by atoms with Crippen LogP contribution in [0.4, 0.5) is 13.2 Å². The monoisotopic (exact) mass is 379 g/mol. The van der Waals surface area contributed by atoms with Crippen molar-refractivity contribution in [1.82, 2.24) is 14.8 Å². The number of benzene rings is 2. The normalized spacial score (nSPS) is 11.6. The van der Waals surface area contributed by atoms with Crippen molar-refractivity contribution < 1.29 is 17.9 Å². The summed E-state index contributed by atoms with van der Waals surface area (Å²) in [7, 11) is 0. The van der Waals surface area contributed by atoms with Gasteiger partial charge in [-0.2, -0.15) is 0 Å². The Morgan fingerprint density at radius 1 is 1.04 bits per heavy atom. The summed E-state index contributed by atoms with van der Waals surface area (Å²) >= 11 is 1.47. The predicted octanol–water partition coefficient (Wildman–Crippen LogP) is 5.08. The van der Waals surface area contributed by atoms with Crippen molar-refractivity contribution in [1.29, 1.82) is 0 Å². The SMILES string of the molecule is Cc1cccc(-n2c(C)nnc2SCc2ccc(OC(F)(F)F)cc2)c1. The van der Waals surface area contributed by atoms with E-state index in [0.29, 0.717) is 5.75 Å². The van der Waals surface area contributed by atoms with Gasteiger partial charge in [-0.05, 0) is 49.2 Å². The lowest BCUT2D eigenvalue weighted by molar-refractivity contribution is -0.274. The van der Waals surface area contributed by atoms with Crippen molar-refractivity contribution in [3.05, 3.63) is 65.5 Å². The first-order valence-corrected chi connectivity index (χ1v) is 8.77. The summed E-state index contributed by atoms with van der Waals surface area (Å²) in [6.07, 6.45) is -4.68. The van der Waals surface area contributed by atoms with Crippen molar-refractivity contribution in [3.8, 4) is 11.4 Å². The van der Waals surface area contributed by atoms with Crippen molar-refractivity contribution in [2.45, 2.75) is 31.1 Å². The molecule has 4 nitrogen and oxygen atoms in total. The van der Waals surface area contributed by atoms with Crippen LogP contribution >= 0.6 is 11.8 Å². The number of nitrogens with zero attached hydrogens (tertiary/aromatic N) is 3. The van der Waals surface area contributed by atoms with Gasteiger partial charge in [-0.1, -0.05) is 36.0 Å². The van der Waals surface area contributed by atoms with Crippen LogP contribution in [-0.2, 0) is 5.75 Å². The van der Waals surface area contributed by atoms with Gasteiger partial charge in [-0.15, -0.1) is 23.4 Å². The molecule has 0 aliphatic heterocycles. The van der Waals surface area contributed by atoms with Crippen LogP contribution in [0, 0.1) is 13.8 Å². The second kappa shape index (κ2) is 7.41. The van der Waals surface area contributed by atoms with Gasteiger partial charge in [0.1, 0.15) is 11.6 Å². The number of hydrogen-bond donors (Lipinski definition) is 0. The molecule has 0 saturated heterocycles. The van der Waals surface area contributed by atoms with Gasteiger partial charge >= 0.3 is 6.36 Å².